The zero-order valence-corrected chi connectivity index (χ0v) is 15.1. The number of benzene rings is 1. The Labute approximate surface area is 145 Å². The fraction of sp³-hybridized carbons (Fsp3) is 0.611. The molecule has 0 spiro atoms. The Morgan fingerprint density at radius 1 is 1.35 bits per heavy atom. The molecule has 1 aromatic rings. The molecule has 1 saturated heterocycles. The zero-order valence-electron chi connectivity index (χ0n) is 14.3. The fourth-order valence-corrected chi connectivity index (χ4v) is 3.24. The number of nitrogens with zero attached hydrogens (tertiary/aromatic N) is 2. The first-order chi connectivity index (χ1) is 11.2. The van der Waals surface area contributed by atoms with Crippen molar-refractivity contribution in [3.05, 3.63) is 34.9 Å². The molecule has 5 heteroatoms. The lowest BCUT2D eigenvalue weighted by Gasteiger charge is -2.32. The molecule has 4 nitrogen and oxygen atoms in total. The van der Waals surface area contributed by atoms with Gasteiger partial charge in [0.05, 0.1) is 0 Å². The molecule has 2 rings (SSSR count). The molecule has 0 atom stereocenters. The van der Waals surface area contributed by atoms with Crippen LogP contribution in [0.3, 0.4) is 0 Å². The van der Waals surface area contributed by atoms with Crippen LogP contribution in [0, 0.1) is 0 Å². The number of piperidine rings is 1. The summed E-state index contributed by atoms with van der Waals surface area (Å²) in [6.07, 6.45) is 4.56. The van der Waals surface area contributed by atoms with Crippen LogP contribution in [0.1, 0.15) is 31.7 Å². The highest BCUT2D eigenvalue weighted by Gasteiger charge is 2.19. The average molecular weight is 337 g/mol. The van der Waals surface area contributed by atoms with Crippen molar-refractivity contribution in [1.82, 2.24) is 15.5 Å². The second-order valence-corrected chi connectivity index (χ2v) is 6.58. The van der Waals surface area contributed by atoms with Gasteiger partial charge in [0.15, 0.2) is 5.96 Å². The molecule has 0 amide bonds. The zero-order chi connectivity index (χ0) is 16.5. The highest BCUT2D eigenvalue weighted by molar-refractivity contribution is 6.30. The van der Waals surface area contributed by atoms with Crippen molar-refractivity contribution < 1.29 is 0 Å². The second-order valence-electron chi connectivity index (χ2n) is 6.14. The summed E-state index contributed by atoms with van der Waals surface area (Å²) in [7, 11) is 1.83. The van der Waals surface area contributed by atoms with Crippen LogP contribution in [0.25, 0.3) is 0 Å². The van der Waals surface area contributed by atoms with E-state index in [1.807, 2.05) is 25.2 Å². The minimum atomic E-state index is 0.528. The van der Waals surface area contributed by atoms with Crippen LogP contribution in [0.2, 0.25) is 5.02 Å². The van der Waals surface area contributed by atoms with Gasteiger partial charge in [-0.2, -0.15) is 0 Å². The van der Waals surface area contributed by atoms with Crippen LogP contribution in [0.5, 0.6) is 0 Å². The molecule has 1 fully saturated rings. The quantitative estimate of drug-likeness (QED) is 0.620. The summed E-state index contributed by atoms with van der Waals surface area (Å²) in [6.45, 7) is 6.69. The number of hydrogen-bond donors (Lipinski definition) is 2. The maximum atomic E-state index is 6.02. The predicted molar refractivity (Wildman–Crippen MR) is 99.4 cm³/mol. The molecule has 1 heterocycles. The number of hydrogen-bond acceptors (Lipinski definition) is 2. The number of guanidine groups is 1. The first kappa shape index (κ1) is 18.1. The van der Waals surface area contributed by atoms with E-state index in [0.717, 1.165) is 23.9 Å². The molecule has 0 aromatic heterocycles. The van der Waals surface area contributed by atoms with Gasteiger partial charge in [-0.3, -0.25) is 4.99 Å². The molecule has 2 N–H and O–H groups in total. The molecular weight excluding hydrogens is 308 g/mol. The van der Waals surface area contributed by atoms with Crippen LogP contribution in [0.4, 0.5) is 0 Å². The lowest BCUT2D eigenvalue weighted by molar-refractivity contribution is 0.206. The van der Waals surface area contributed by atoms with Gasteiger partial charge in [-0.1, -0.05) is 30.7 Å². The van der Waals surface area contributed by atoms with Gasteiger partial charge in [0, 0.05) is 37.7 Å². The van der Waals surface area contributed by atoms with E-state index < -0.39 is 0 Å². The summed E-state index contributed by atoms with van der Waals surface area (Å²) >= 11 is 6.02. The lowest BCUT2D eigenvalue weighted by Crippen LogP contribution is -2.49. The van der Waals surface area contributed by atoms with Crippen molar-refractivity contribution in [3.8, 4) is 0 Å². The van der Waals surface area contributed by atoms with E-state index in [1.54, 1.807) is 0 Å². The molecule has 0 unspecified atom stereocenters. The standard InChI is InChI=1S/C18H29ClN4/c1-3-11-23-12-8-17(9-13-23)22-18(20-2)21-10-7-15-5-4-6-16(19)14-15/h4-6,14,17H,3,7-13H2,1-2H3,(H2,20,21,22). The van der Waals surface area contributed by atoms with E-state index in [1.165, 1.54) is 44.5 Å². The lowest BCUT2D eigenvalue weighted by atomic mass is 10.1. The smallest absolute Gasteiger partial charge is 0.191 e. The molecule has 23 heavy (non-hydrogen) atoms. The molecule has 0 saturated carbocycles. The molecule has 0 radical (unpaired) electrons. The molecule has 1 aliphatic rings. The van der Waals surface area contributed by atoms with Crippen molar-refractivity contribution in [1.29, 1.82) is 0 Å². The van der Waals surface area contributed by atoms with E-state index in [9.17, 15) is 0 Å². The summed E-state index contributed by atoms with van der Waals surface area (Å²) in [4.78, 5) is 6.89. The van der Waals surface area contributed by atoms with Gasteiger partial charge in [-0.15, -0.1) is 0 Å². The summed E-state index contributed by atoms with van der Waals surface area (Å²) in [6, 6.07) is 8.55. The van der Waals surface area contributed by atoms with Crippen molar-refractivity contribution in [3.63, 3.8) is 0 Å². The van der Waals surface area contributed by atoms with Crippen LogP contribution in [-0.4, -0.2) is 50.1 Å². The molecule has 1 aromatic carbocycles. The summed E-state index contributed by atoms with van der Waals surface area (Å²) in [5.74, 6) is 0.904. The SMILES string of the molecule is CCCN1CCC(NC(=NC)NCCc2cccc(Cl)c2)CC1. The Kier molecular flexibility index (Phi) is 7.69. The van der Waals surface area contributed by atoms with Crippen LogP contribution in [0.15, 0.2) is 29.3 Å². The maximum Gasteiger partial charge on any atom is 0.191 e. The van der Waals surface area contributed by atoms with E-state index >= 15 is 0 Å². The summed E-state index contributed by atoms with van der Waals surface area (Å²) in [5, 5.41) is 7.75. The Morgan fingerprint density at radius 2 is 2.13 bits per heavy atom. The third-order valence-electron chi connectivity index (χ3n) is 4.29. The van der Waals surface area contributed by atoms with Crippen LogP contribution in [-0.2, 0) is 6.42 Å². The topological polar surface area (TPSA) is 39.7 Å². The third kappa shape index (κ3) is 6.40. The highest BCUT2D eigenvalue weighted by atomic mass is 35.5. The monoisotopic (exact) mass is 336 g/mol. The summed E-state index contributed by atoms with van der Waals surface area (Å²) < 4.78 is 0. The molecule has 1 aliphatic heterocycles. The van der Waals surface area contributed by atoms with E-state index in [4.69, 9.17) is 11.6 Å². The molecule has 0 aliphatic carbocycles. The second kappa shape index (κ2) is 9.78. The van der Waals surface area contributed by atoms with Gasteiger partial charge in [0.25, 0.3) is 0 Å². The van der Waals surface area contributed by atoms with Gasteiger partial charge in [-0.05, 0) is 49.9 Å². The molecule has 0 bridgehead atoms. The normalized spacial score (nSPS) is 17.3. The number of nitrogens with one attached hydrogen (secondary N) is 2. The first-order valence-electron chi connectivity index (χ1n) is 8.65. The van der Waals surface area contributed by atoms with Crippen LogP contribution < -0.4 is 10.6 Å². The van der Waals surface area contributed by atoms with Gasteiger partial charge < -0.3 is 15.5 Å². The van der Waals surface area contributed by atoms with Gasteiger partial charge in [0.2, 0.25) is 0 Å². The fourth-order valence-electron chi connectivity index (χ4n) is 3.02. The van der Waals surface area contributed by atoms with E-state index in [0.29, 0.717) is 6.04 Å². The maximum absolute atomic E-state index is 6.02. The Bertz CT molecular complexity index is 496. The summed E-state index contributed by atoms with van der Waals surface area (Å²) in [5.41, 5.74) is 1.24. The van der Waals surface area contributed by atoms with Gasteiger partial charge >= 0.3 is 0 Å². The van der Waals surface area contributed by atoms with E-state index in [2.05, 4.69) is 33.5 Å². The Balaban J connectivity index is 1.70. The number of halogens is 1. The van der Waals surface area contributed by atoms with Crippen molar-refractivity contribution in [2.45, 2.75) is 38.6 Å². The number of aliphatic imine (C=N–C) groups is 1. The molecule has 128 valence electrons. The third-order valence-corrected chi connectivity index (χ3v) is 4.52. The highest BCUT2D eigenvalue weighted by Crippen LogP contribution is 2.11. The van der Waals surface area contributed by atoms with Crippen LogP contribution >= 0.6 is 11.6 Å². The van der Waals surface area contributed by atoms with Crippen molar-refractivity contribution in [2.24, 2.45) is 4.99 Å². The minimum Gasteiger partial charge on any atom is -0.356 e. The Morgan fingerprint density at radius 3 is 2.78 bits per heavy atom. The largest absolute Gasteiger partial charge is 0.356 e. The van der Waals surface area contributed by atoms with Gasteiger partial charge in [0.1, 0.15) is 0 Å². The predicted octanol–water partition coefficient (Wildman–Crippen LogP) is 2.92. The first-order valence-corrected chi connectivity index (χ1v) is 9.03. The van der Waals surface area contributed by atoms with Crippen molar-refractivity contribution in [2.75, 3.05) is 33.2 Å². The van der Waals surface area contributed by atoms with Crippen molar-refractivity contribution >= 4 is 17.6 Å². The van der Waals surface area contributed by atoms with Gasteiger partial charge in [-0.25, -0.2) is 0 Å². The molecular formula is C18H29ClN4. The van der Waals surface area contributed by atoms with E-state index in [-0.39, 0.29) is 0 Å². The number of likely N-dealkylation sites (tertiary alicyclic amines) is 1. The Hall–Kier alpha value is -1.26. The average Bonchev–Trinajstić information content (AvgIpc) is 2.56. The minimum absolute atomic E-state index is 0.528. The number of rotatable bonds is 6.